The van der Waals surface area contributed by atoms with E-state index < -0.39 is 6.17 Å². The van der Waals surface area contributed by atoms with Crippen LogP contribution in [0.2, 0.25) is 5.15 Å². The van der Waals surface area contributed by atoms with E-state index in [0.29, 0.717) is 31.1 Å². The van der Waals surface area contributed by atoms with Gasteiger partial charge in [0.1, 0.15) is 23.5 Å². The lowest BCUT2D eigenvalue weighted by atomic mass is 10.1. The van der Waals surface area contributed by atoms with Crippen LogP contribution in [0.5, 0.6) is 0 Å². The molecule has 0 amide bonds. The Morgan fingerprint density at radius 3 is 2.71 bits per heavy atom. The largest absolute Gasteiger partial charge is 0.356 e. The van der Waals surface area contributed by atoms with Crippen molar-refractivity contribution in [3.05, 3.63) is 17.5 Å². The van der Waals surface area contributed by atoms with E-state index in [0.717, 1.165) is 5.82 Å². The lowest BCUT2D eigenvalue weighted by Crippen LogP contribution is -2.34. The zero-order chi connectivity index (χ0) is 9.97. The molecule has 0 aromatic carbocycles. The normalized spacial score (nSPS) is 18.6. The lowest BCUT2D eigenvalue weighted by molar-refractivity contribution is 0.276. The van der Waals surface area contributed by atoms with Gasteiger partial charge < -0.3 is 4.90 Å². The molecule has 0 bridgehead atoms. The first-order valence-corrected chi connectivity index (χ1v) is 5.00. The fourth-order valence-corrected chi connectivity index (χ4v) is 1.72. The van der Waals surface area contributed by atoms with Gasteiger partial charge in [0, 0.05) is 19.2 Å². The summed E-state index contributed by atoms with van der Waals surface area (Å²) < 4.78 is 12.9. The molecule has 0 unspecified atom stereocenters. The van der Waals surface area contributed by atoms with Gasteiger partial charge in [0.25, 0.3) is 0 Å². The minimum absolute atomic E-state index is 0.428. The summed E-state index contributed by atoms with van der Waals surface area (Å²) in [5, 5.41) is 0.428. The van der Waals surface area contributed by atoms with Crippen molar-refractivity contribution in [3.63, 3.8) is 0 Å². The van der Waals surface area contributed by atoms with Gasteiger partial charge in [0.05, 0.1) is 0 Å². The van der Waals surface area contributed by atoms with E-state index in [1.54, 1.807) is 6.07 Å². The Bertz CT molecular complexity index is 313. The molecule has 0 atom stereocenters. The molecule has 3 nitrogen and oxygen atoms in total. The SMILES string of the molecule is FC1CCN(c2cc(Cl)ncn2)CC1. The van der Waals surface area contributed by atoms with Crippen molar-refractivity contribution in [2.45, 2.75) is 19.0 Å². The van der Waals surface area contributed by atoms with E-state index in [4.69, 9.17) is 11.6 Å². The summed E-state index contributed by atoms with van der Waals surface area (Å²) in [5.74, 6) is 0.789. The summed E-state index contributed by atoms with van der Waals surface area (Å²) >= 11 is 5.74. The molecule has 1 saturated heterocycles. The highest BCUT2D eigenvalue weighted by Gasteiger charge is 2.19. The second-order valence-corrected chi connectivity index (χ2v) is 3.75. The van der Waals surface area contributed by atoms with Crippen LogP contribution in [-0.2, 0) is 0 Å². The summed E-state index contributed by atoms with van der Waals surface area (Å²) in [5.41, 5.74) is 0. The number of alkyl halides is 1. The molecule has 1 fully saturated rings. The van der Waals surface area contributed by atoms with Gasteiger partial charge in [-0.3, -0.25) is 0 Å². The van der Waals surface area contributed by atoms with Gasteiger partial charge in [-0.2, -0.15) is 0 Å². The quantitative estimate of drug-likeness (QED) is 0.672. The summed E-state index contributed by atoms with van der Waals surface area (Å²) in [7, 11) is 0. The average molecular weight is 216 g/mol. The number of hydrogen-bond acceptors (Lipinski definition) is 3. The number of aromatic nitrogens is 2. The van der Waals surface area contributed by atoms with Crippen molar-refractivity contribution in [1.82, 2.24) is 9.97 Å². The van der Waals surface area contributed by atoms with Crippen molar-refractivity contribution in [3.8, 4) is 0 Å². The van der Waals surface area contributed by atoms with Gasteiger partial charge in [-0.25, -0.2) is 14.4 Å². The summed E-state index contributed by atoms with van der Waals surface area (Å²) in [4.78, 5) is 9.93. The molecule has 1 aliphatic heterocycles. The van der Waals surface area contributed by atoms with Gasteiger partial charge in [0.15, 0.2) is 0 Å². The first kappa shape index (κ1) is 9.65. The number of piperidine rings is 1. The molecule has 1 aliphatic rings. The van der Waals surface area contributed by atoms with E-state index in [1.165, 1.54) is 6.33 Å². The van der Waals surface area contributed by atoms with Gasteiger partial charge in [-0.1, -0.05) is 11.6 Å². The second-order valence-electron chi connectivity index (χ2n) is 3.36. The van der Waals surface area contributed by atoms with Crippen molar-refractivity contribution >= 4 is 17.4 Å². The summed E-state index contributed by atoms with van der Waals surface area (Å²) in [6, 6.07) is 1.71. The monoisotopic (exact) mass is 215 g/mol. The van der Waals surface area contributed by atoms with E-state index >= 15 is 0 Å². The maximum absolute atomic E-state index is 12.9. The van der Waals surface area contributed by atoms with Crippen LogP contribution in [0.1, 0.15) is 12.8 Å². The summed E-state index contributed by atoms with van der Waals surface area (Å²) in [6.07, 6.45) is 1.91. The highest BCUT2D eigenvalue weighted by Crippen LogP contribution is 2.20. The van der Waals surface area contributed by atoms with Crippen LogP contribution in [0.3, 0.4) is 0 Å². The predicted molar refractivity (Wildman–Crippen MR) is 53.4 cm³/mol. The Morgan fingerprint density at radius 1 is 1.36 bits per heavy atom. The van der Waals surface area contributed by atoms with Crippen molar-refractivity contribution < 1.29 is 4.39 Å². The molecule has 0 spiro atoms. The van der Waals surface area contributed by atoms with Crippen LogP contribution in [0.15, 0.2) is 12.4 Å². The zero-order valence-electron chi connectivity index (χ0n) is 7.66. The van der Waals surface area contributed by atoms with Gasteiger partial charge >= 0.3 is 0 Å². The first-order valence-electron chi connectivity index (χ1n) is 4.62. The summed E-state index contributed by atoms with van der Waals surface area (Å²) in [6.45, 7) is 1.41. The minimum Gasteiger partial charge on any atom is -0.356 e. The Kier molecular flexibility index (Phi) is 2.82. The molecule has 76 valence electrons. The van der Waals surface area contributed by atoms with E-state index in [-0.39, 0.29) is 0 Å². The Hall–Kier alpha value is -0.900. The zero-order valence-corrected chi connectivity index (χ0v) is 8.41. The maximum Gasteiger partial charge on any atom is 0.134 e. The molecular weight excluding hydrogens is 205 g/mol. The Balaban J connectivity index is 2.08. The number of halogens is 2. The topological polar surface area (TPSA) is 29.0 Å². The Labute approximate surface area is 86.9 Å². The number of nitrogens with zero attached hydrogens (tertiary/aromatic N) is 3. The standard InChI is InChI=1S/C9H11ClFN3/c10-8-5-9(13-6-12-8)14-3-1-7(11)2-4-14/h5-7H,1-4H2. The lowest BCUT2D eigenvalue weighted by Gasteiger charge is -2.29. The molecule has 1 aromatic heterocycles. The van der Waals surface area contributed by atoms with E-state index in [2.05, 4.69) is 9.97 Å². The van der Waals surface area contributed by atoms with E-state index in [1.807, 2.05) is 4.90 Å². The van der Waals surface area contributed by atoms with Gasteiger partial charge in [-0.15, -0.1) is 0 Å². The smallest absolute Gasteiger partial charge is 0.134 e. The van der Waals surface area contributed by atoms with Crippen LogP contribution in [0.4, 0.5) is 10.2 Å². The molecule has 2 rings (SSSR count). The van der Waals surface area contributed by atoms with Crippen LogP contribution in [0.25, 0.3) is 0 Å². The van der Waals surface area contributed by atoms with E-state index in [9.17, 15) is 4.39 Å². The third-order valence-electron chi connectivity index (χ3n) is 2.37. The fourth-order valence-electron chi connectivity index (χ4n) is 1.57. The third kappa shape index (κ3) is 2.12. The average Bonchev–Trinajstić information content (AvgIpc) is 2.19. The number of rotatable bonds is 1. The highest BCUT2D eigenvalue weighted by atomic mass is 35.5. The molecule has 0 aliphatic carbocycles. The highest BCUT2D eigenvalue weighted by molar-refractivity contribution is 6.29. The molecule has 1 aromatic rings. The first-order chi connectivity index (χ1) is 6.75. The Morgan fingerprint density at radius 2 is 2.07 bits per heavy atom. The van der Waals surface area contributed by atoms with Crippen molar-refractivity contribution in [1.29, 1.82) is 0 Å². The molecular formula is C9H11ClFN3. The molecule has 14 heavy (non-hydrogen) atoms. The van der Waals surface area contributed by atoms with Gasteiger partial charge in [0.2, 0.25) is 0 Å². The van der Waals surface area contributed by atoms with Crippen LogP contribution >= 0.6 is 11.6 Å². The third-order valence-corrected chi connectivity index (χ3v) is 2.57. The van der Waals surface area contributed by atoms with Gasteiger partial charge in [-0.05, 0) is 12.8 Å². The fraction of sp³-hybridized carbons (Fsp3) is 0.556. The van der Waals surface area contributed by atoms with Crippen LogP contribution in [-0.4, -0.2) is 29.2 Å². The molecule has 5 heteroatoms. The van der Waals surface area contributed by atoms with Crippen LogP contribution in [0, 0.1) is 0 Å². The molecule has 2 heterocycles. The molecule has 0 saturated carbocycles. The molecule has 0 N–H and O–H groups in total. The number of anilines is 1. The van der Waals surface area contributed by atoms with Crippen LogP contribution < -0.4 is 4.90 Å². The molecule has 0 radical (unpaired) electrons. The minimum atomic E-state index is -0.663. The van der Waals surface area contributed by atoms with Crippen molar-refractivity contribution in [2.24, 2.45) is 0 Å². The predicted octanol–water partition coefficient (Wildman–Crippen LogP) is 2.07. The van der Waals surface area contributed by atoms with Crippen molar-refractivity contribution in [2.75, 3.05) is 18.0 Å². The maximum atomic E-state index is 12.9. The second kappa shape index (κ2) is 4.09. The number of hydrogen-bond donors (Lipinski definition) is 0.